The lowest BCUT2D eigenvalue weighted by atomic mass is 10.0. The molecule has 7 heteroatoms. The summed E-state index contributed by atoms with van der Waals surface area (Å²) in [6.07, 6.45) is 1.90. The minimum absolute atomic E-state index is 0.0925. The second kappa shape index (κ2) is 8.79. The first-order chi connectivity index (χ1) is 14.8. The smallest absolute Gasteiger partial charge is 0.252 e. The molecule has 0 aliphatic carbocycles. The number of rotatable bonds is 5. The van der Waals surface area contributed by atoms with Crippen LogP contribution >= 0.6 is 11.8 Å². The van der Waals surface area contributed by atoms with Crippen molar-refractivity contribution in [2.45, 2.75) is 51.3 Å². The van der Waals surface area contributed by atoms with Crippen LogP contribution in [0.1, 0.15) is 36.1 Å². The Morgan fingerprint density at radius 2 is 1.77 bits per heavy atom. The lowest BCUT2D eigenvalue weighted by Gasteiger charge is -2.29. The highest BCUT2D eigenvalue weighted by Gasteiger charge is 2.50. The third kappa shape index (κ3) is 4.58. The van der Waals surface area contributed by atoms with E-state index in [2.05, 4.69) is 35.9 Å². The van der Waals surface area contributed by atoms with Crippen LogP contribution in [0.5, 0.6) is 0 Å². The van der Waals surface area contributed by atoms with Gasteiger partial charge in [-0.15, -0.1) is 0 Å². The fraction of sp³-hybridized carbons (Fsp3) is 0.417. The molecule has 2 atom stereocenters. The van der Waals surface area contributed by atoms with Gasteiger partial charge in [0.05, 0.1) is 24.0 Å². The van der Waals surface area contributed by atoms with Crippen LogP contribution in [-0.4, -0.2) is 42.3 Å². The summed E-state index contributed by atoms with van der Waals surface area (Å²) in [5, 5.41) is 0.545. The normalized spacial score (nSPS) is 23.3. The minimum atomic E-state index is -3.09. The van der Waals surface area contributed by atoms with E-state index in [9.17, 15) is 13.2 Å². The van der Waals surface area contributed by atoms with Crippen molar-refractivity contribution >= 4 is 38.4 Å². The Morgan fingerprint density at radius 3 is 2.42 bits per heavy atom. The summed E-state index contributed by atoms with van der Waals surface area (Å²) in [6, 6.07) is 13.9. The molecule has 2 aromatic carbocycles. The van der Waals surface area contributed by atoms with Gasteiger partial charge < -0.3 is 4.90 Å². The number of aliphatic imine (C=N–C) groups is 1. The van der Waals surface area contributed by atoms with Crippen LogP contribution in [0.25, 0.3) is 0 Å². The highest BCUT2D eigenvalue weighted by Crippen LogP contribution is 2.43. The molecule has 2 aliphatic rings. The number of nitrogens with zero attached hydrogens (tertiary/aromatic N) is 2. The van der Waals surface area contributed by atoms with Gasteiger partial charge in [0.1, 0.15) is 0 Å². The van der Waals surface area contributed by atoms with Crippen LogP contribution in [0, 0.1) is 6.92 Å². The van der Waals surface area contributed by atoms with Crippen molar-refractivity contribution in [3.8, 4) is 0 Å². The van der Waals surface area contributed by atoms with Crippen molar-refractivity contribution in [1.82, 2.24) is 0 Å². The summed E-state index contributed by atoms with van der Waals surface area (Å²) in [6.45, 7) is 6.21. The number of amides is 1. The first-order valence-electron chi connectivity index (χ1n) is 10.8. The lowest BCUT2D eigenvalue weighted by molar-refractivity contribution is -0.117. The molecule has 2 fully saturated rings. The molecule has 2 aromatic rings. The largest absolute Gasteiger partial charge is 0.315 e. The van der Waals surface area contributed by atoms with E-state index in [1.165, 1.54) is 11.8 Å². The second-order valence-corrected chi connectivity index (χ2v) is 11.6. The maximum absolute atomic E-state index is 12.9. The molecule has 31 heavy (non-hydrogen) atoms. The first-order valence-corrected chi connectivity index (χ1v) is 13.5. The van der Waals surface area contributed by atoms with E-state index >= 15 is 0 Å². The number of carbonyl (C=O) groups is 1. The molecule has 4 rings (SSSR count). The van der Waals surface area contributed by atoms with Gasteiger partial charge in [0.25, 0.3) is 5.91 Å². The number of hydrogen-bond donors (Lipinski definition) is 0. The van der Waals surface area contributed by atoms with Crippen molar-refractivity contribution < 1.29 is 13.2 Å². The van der Waals surface area contributed by atoms with E-state index < -0.39 is 9.84 Å². The summed E-state index contributed by atoms with van der Waals surface area (Å²) in [5.41, 5.74) is 5.40. The monoisotopic (exact) mass is 456 g/mol. The molecule has 0 bridgehead atoms. The molecule has 0 aromatic heterocycles. The number of hydrogen-bond acceptors (Lipinski definition) is 4. The zero-order valence-electron chi connectivity index (χ0n) is 18.2. The van der Waals surface area contributed by atoms with Crippen molar-refractivity contribution in [2.24, 2.45) is 4.99 Å². The third-order valence-electron chi connectivity index (χ3n) is 5.93. The molecule has 0 radical (unpaired) electrons. The van der Waals surface area contributed by atoms with Gasteiger partial charge in [0, 0.05) is 10.9 Å². The molecular weight excluding hydrogens is 428 g/mol. The standard InChI is InChI=1S/C24H28N2O3S2/c1-4-18-10-7-11-19(5-2)23(18)26-20-14-31(28,29)15-21(20)30-24(26)25-22(27)13-17-9-6-8-16(3)12-17/h6-12,20-21H,4-5,13-15H2,1-3H3. The number of benzene rings is 2. The Labute approximate surface area is 188 Å². The zero-order chi connectivity index (χ0) is 22.2. The first kappa shape index (κ1) is 22.1. The lowest BCUT2D eigenvalue weighted by Crippen LogP contribution is -2.39. The van der Waals surface area contributed by atoms with Crippen LogP contribution in [0.2, 0.25) is 0 Å². The number of fused-ring (bicyclic) bond motifs is 1. The van der Waals surface area contributed by atoms with Crippen molar-refractivity contribution in [1.29, 1.82) is 0 Å². The fourth-order valence-corrected chi connectivity index (χ4v) is 8.41. The Balaban J connectivity index is 1.74. The molecule has 2 aliphatic heterocycles. The molecule has 0 saturated carbocycles. The number of amidine groups is 1. The highest BCUT2D eigenvalue weighted by atomic mass is 32.2. The van der Waals surface area contributed by atoms with E-state index in [1.54, 1.807) is 0 Å². The molecule has 5 nitrogen and oxygen atoms in total. The quantitative estimate of drug-likeness (QED) is 0.681. The predicted octanol–water partition coefficient (Wildman–Crippen LogP) is 3.96. The summed E-state index contributed by atoms with van der Waals surface area (Å²) < 4.78 is 24.8. The Bertz CT molecular complexity index is 1120. The molecular formula is C24H28N2O3S2. The van der Waals surface area contributed by atoms with Gasteiger partial charge in [0.15, 0.2) is 15.0 Å². The minimum Gasteiger partial charge on any atom is -0.315 e. The fourth-order valence-electron chi connectivity index (χ4n) is 4.49. The van der Waals surface area contributed by atoms with Crippen LogP contribution in [0.3, 0.4) is 0 Å². The van der Waals surface area contributed by atoms with Crippen molar-refractivity contribution in [2.75, 3.05) is 16.4 Å². The maximum atomic E-state index is 12.9. The Hall–Kier alpha value is -2.12. The summed E-state index contributed by atoms with van der Waals surface area (Å²) in [4.78, 5) is 19.4. The number of carbonyl (C=O) groups excluding carboxylic acids is 1. The molecule has 1 amide bonds. The van der Waals surface area contributed by atoms with Gasteiger partial charge in [-0.1, -0.05) is 73.6 Å². The predicted molar refractivity (Wildman–Crippen MR) is 129 cm³/mol. The highest BCUT2D eigenvalue weighted by molar-refractivity contribution is 8.16. The number of aryl methyl sites for hydroxylation is 3. The van der Waals surface area contributed by atoms with E-state index in [4.69, 9.17) is 0 Å². The van der Waals surface area contributed by atoms with Crippen LogP contribution in [0.4, 0.5) is 5.69 Å². The summed E-state index contributed by atoms with van der Waals surface area (Å²) in [5.74, 6) is 0.0457. The van der Waals surface area contributed by atoms with Gasteiger partial charge in [-0.25, -0.2) is 8.42 Å². The average Bonchev–Trinajstić information content (AvgIpc) is 3.17. The zero-order valence-corrected chi connectivity index (χ0v) is 19.8. The van der Waals surface area contributed by atoms with E-state index in [0.29, 0.717) is 5.17 Å². The number of anilines is 1. The van der Waals surface area contributed by atoms with Crippen molar-refractivity contribution in [3.63, 3.8) is 0 Å². The van der Waals surface area contributed by atoms with E-state index in [-0.39, 0.29) is 35.1 Å². The summed E-state index contributed by atoms with van der Waals surface area (Å²) in [7, 11) is -3.09. The maximum Gasteiger partial charge on any atom is 0.252 e. The van der Waals surface area contributed by atoms with Gasteiger partial charge in [0.2, 0.25) is 0 Å². The van der Waals surface area contributed by atoms with Gasteiger partial charge in [-0.3, -0.25) is 4.79 Å². The molecule has 0 N–H and O–H groups in total. The SMILES string of the molecule is CCc1cccc(CC)c1N1C(=NC(=O)Cc2cccc(C)c2)SC2CS(=O)(=O)CC21. The van der Waals surface area contributed by atoms with Crippen molar-refractivity contribution in [3.05, 3.63) is 64.7 Å². The third-order valence-corrected chi connectivity index (χ3v) is 9.14. The Kier molecular flexibility index (Phi) is 6.26. The number of para-hydroxylation sites is 1. The Morgan fingerprint density at radius 1 is 1.10 bits per heavy atom. The van der Waals surface area contributed by atoms with E-state index in [0.717, 1.165) is 40.8 Å². The molecule has 0 spiro atoms. The van der Waals surface area contributed by atoms with Gasteiger partial charge >= 0.3 is 0 Å². The van der Waals surface area contributed by atoms with E-state index in [1.807, 2.05) is 37.3 Å². The van der Waals surface area contributed by atoms with Crippen LogP contribution in [0.15, 0.2) is 47.5 Å². The number of sulfone groups is 1. The molecule has 164 valence electrons. The molecule has 2 heterocycles. The van der Waals surface area contributed by atoms with Crippen LogP contribution in [-0.2, 0) is 33.9 Å². The second-order valence-electron chi connectivity index (χ2n) is 8.26. The topological polar surface area (TPSA) is 66.8 Å². The molecule has 2 saturated heterocycles. The van der Waals surface area contributed by atoms with Gasteiger partial charge in [-0.2, -0.15) is 4.99 Å². The molecule has 2 unspecified atom stereocenters. The van der Waals surface area contributed by atoms with Gasteiger partial charge in [-0.05, 0) is 36.5 Å². The summed E-state index contributed by atoms with van der Waals surface area (Å²) >= 11 is 1.44. The number of thioether (sulfide) groups is 1. The van der Waals surface area contributed by atoms with Crippen LogP contribution < -0.4 is 4.90 Å². The average molecular weight is 457 g/mol.